The molecule has 0 atom stereocenters. The lowest BCUT2D eigenvalue weighted by molar-refractivity contribution is 0.189. The van der Waals surface area contributed by atoms with Gasteiger partial charge in [-0.25, -0.2) is 0 Å². The van der Waals surface area contributed by atoms with Crippen LogP contribution in [0.3, 0.4) is 0 Å². The highest BCUT2D eigenvalue weighted by Gasteiger charge is 1.90. The number of aliphatic hydroxyl groups excluding tert-OH is 1. The second kappa shape index (κ2) is 9.43. The maximum atomic E-state index is 8.44. The number of unbranched alkanes of at least 4 members (excludes halogenated alkanes) is 7. The molecule has 2 heteroatoms. The van der Waals surface area contributed by atoms with Crippen molar-refractivity contribution in [3.8, 4) is 0 Å². The van der Waals surface area contributed by atoms with E-state index in [2.05, 4.69) is 6.92 Å². The third-order valence-electron chi connectivity index (χ3n) is 2.13. The van der Waals surface area contributed by atoms with Gasteiger partial charge in [0.1, 0.15) is 0 Å². The maximum Gasteiger partial charge on any atom is 0.269 e. The van der Waals surface area contributed by atoms with Crippen LogP contribution in [0.15, 0.2) is 12.0 Å². The number of aliphatic hydroxyl groups is 2. The monoisotopic (exact) mass is 186 g/mol. The molecule has 0 aliphatic carbocycles. The average Bonchev–Trinajstić information content (AvgIpc) is 2.09. The van der Waals surface area contributed by atoms with Crippen LogP contribution in [0.5, 0.6) is 0 Å². The highest BCUT2D eigenvalue weighted by atomic mass is 16.5. The van der Waals surface area contributed by atoms with E-state index in [1.54, 1.807) is 0 Å². The molecule has 2 nitrogen and oxygen atoms in total. The Balaban J connectivity index is 2.96. The van der Waals surface area contributed by atoms with Crippen LogP contribution in [-0.4, -0.2) is 10.2 Å². The van der Waals surface area contributed by atoms with Crippen LogP contribution < -0.4 is 0 Å². The third kappa shape index (κ3) is 11.3. The summed E-state index contributed by atoms with van der Waals surface area (Å²) in [7, 11) is 0. The van der Waals surface area contributed by atoms with Crippen molar-refractivity contribution in [3.05, 3.63) is 12.0 Å². The summed E-state index contributed by atoms with van der Waals surface area (Å²) >= 11 is 0. The lowest BCUT2D eigenvalue weighted by Gasteiger charge is -1.98. The highest BCUT2D eigenvalue weighted by Crippen LogP contribution is 2.08. The van der Waals surface area contributed by atoms with Crippen molar-refractivity contribution < 1.29 is 10.2 Å². The molecule has 0 saturated carbocycles. The Hall–Kier alpha value is -0.660. The van der Waals surface area contributed by atoms with Gasteiger partial charge in [0.05, 0.1) is 0 Å². The van der Waals surface area contributed by atoms with Crippen LogP contribution in [0.4, 0.5) is 0 Å². The van der Waals surface area contributed by atoms with Gasteiger partial charge in [0, 0.05) is 0 Å². The number of allylic oxidation sites excluding steroid dienone is 1. The molecule has 0 spiro atoms. The molecular formula is C11H22O2. The van der Waals surface area contributed by atoms with E-state index in [0.717, 1.165) is 12.8 Å². The molecule has 0 fully saturated rings. The van der Waals surface area contributed by atoms with Crippen molar-refractivity contribution in [2.24, 2.45) is 0 Å². The molecule has 0 aromatic carbocycles. The summed E-state index contributed by atoms with van der Waals surface area (Å²) in [6.45, 7) is 2.22. The van der Waals surface area contributed by atoms with Gasteiger partial charge >= 0.3 is 0 Å². The molecule has 0 unspecified atom stereocenters. The van der Waals surface area contributed by atoms with Gasteiger partial charge in [-0.2, -0.15) is 0 Å². The fourth-order valence-electron chi connectivity index (χ4n) is 1.33. The van der Waals surface area contributed by atoms with E-state index in [0.29, 0.717) is 0 Å². The molecule has 0 saturated heterocycles. The summed E-state index contributed by atoms with van der Waals surface area (Å²) in [6.07, 6.45) is 11.1. The third-order valence-corrected chi connectivity index (χ3v) is 2.13. The van der Waals surface area contributed by atoms with Crippen molar-refractivity contribution in [2.75, 3.05) is 0 Å². The van der Waals surface area contributed by atoms with Crippen LogP contribution in [0.1, 0.15) is 58.3 Å². The number of rotatable bonds is 8. The van der Waals surface area contributed by atoms with Gasteiger partial charge < -0.3 is 10.2 Å². The Labute approximate surface area is 81.3 Å². The molecule has 0 heterocycles. The highest BCUT2D eigenvalue weighted by molar-refractivity contribution is 4.78. The quantitative estimate of drug-likeness (QED) is 0.443. The summed E-state index contributed by atoms with van der Waals surface area (Å²) < 4.78 is 0. The van der Waals surface area contributed by atoms with Gasteiger partial charge in [-0.05, 0) is 18.9 Å². The Morgan fingerprint density at radius 1 is 0.923 bits per heavy atom. The first-order valence-electron chi connectivity index (χ1n) is 5.35. The Morgan fingerprint density at radius 2 is 1.46 bits per heavy atom. The number of hydrogen-bond donors (Lipinski definition) is 2. The zero-order chi connectivity index (χ0) is 9.94. The first-order valence-corrected chi connectivity index (χ1v) is 5.35. The lowest BCUT2D eigenvalue weighted by Crippen LogP contribution is -1.80. The Kier molecular flexibility index (Phi) is 8.95. The molecular weight excluding hydrogens is 164 g/mol. The molecule has 0 aliphatic rings. The largest absolute Gasteiger partial charge is 0.481 e. The molecule has 0 bridgehead atoms. The molecule has 0 aliphatic heterocycles. The Bertz CT molecular complexity index is 126. The van der Waals surface area contributed by atoms with E-state index in [4.69, 9.17) is 10.2 Å². The van der Waals surface area contributed by atoms with Crippen molar-refractivity contribution in [1.29, 1.82) is 0 Å². The fourth-order valence-corrected chi connectivity index (χ4v) is 1.33. The van der Waals surface area contributed by atoms with Gasteiger partial charge in [-0.1, -0.05) is 45.4 Å². The van der Waals surface area contributed by atoms with Gasteiger partial charge in [-0.3, -0.25) is 0 Å². The van der Waals surface area contributed by atoms with E-state index in [9.17, 15) is 0 Å². The topological polar surface area (TPSA) is 40.5 Å². The summed E-state index contributed by atoms with van der Waals surface area (Å²) in [5, 5.41) is 16.9. The zero-order valence-electron chi connectivity index (χ0n) is 8.63. The van der Waals surface area contributed by atoms with Crippen molar-refractivity contribution in [3.63, 3.8) is 0 Å². The zero-order valence-corrected chi connectivity index (χ0v) is 8.63. The maximum absolute atomic E-state index is 8.44. The van der Waals surface area contributed by atoms with Crippen LogP contribution >= 0.6 is 0 Å². The predicted octanol–water partition coefficient (Wildman–Crippen LogP) is 4.08. The lowest BCUT2D eigenvalue weighted by atomic mass is 10.1. The number of hydrogen-bond acceptors (Lipinski definition) is 2. The molecule has 0 aromatic rings. The first kappa shape index (κ1) is 12.3. The van der Waals surface area contributed by atoms with E-state index in [1.807, 2.05) is 0 Å². The summed E-state index contributed by atoms with van der Waals surface area (Å²) in [4.78, 5) is 0. The summed E-state index contributed by atoms with van der Waals surface area (Å²) in [6, 6.07) is 0. The van der Waals surface area contributed by atoms with E-state index in [-0.39, 0.29) is 0 Å². The van der Waals surface area contributed by atoms with Crippen molar-refractivity contribution in [1.82, 2.24) is 0 Å². The van der Waals surface area contributed by atoms with Crippen molar-refractivity contribution in [2.45, 2.75) is 58.3 Å². The smallest absolute Gasteiger partial charge is 0.269 e. The predicted molar refractivity (Wildman–Crippen MR) is 56.0 cm³/mol. The summed E-state index contributed by atoms with van der Waals surface area (Å²) in [5.41, 5.74) is 0. The minimum Gasteiger partial charge on any atom is -0.481 e. The molecule has 0 rings (SSSR count). The van der Waals surface area contributed by atoms with Gasteiger partial charge in [0.25, 0.3) is 5.95 Å². The second-order valence-electron chi connectivity index (χ2n) is 3.47. The van der Waals surface area contributed by atoms with Gasteiger partial charge in [0.15, 0.2) is 0 Å². The van der Waals surface area contributed by atoms with Crippen LogP contribution in [0, 0.1) is 0 Å². The molecule has 0 amide bonds. The standard InChI is InChI=1S/C11H22O2/c1-2-3-4-5-6-7-8-9-10-11(12)13/h10,12-13H,2-9H2,1H3. The summed E-state index contributed by atoms with van der Waals surface area (Å²) in [5.74, 6) is -0.536. The minimum atomic E-state index is -0.536. The Morgan fingerprint density at radius 3 is 2.00 bits per heavy atom. The minimum absolute atomic E-state index is 0.536. The van der Waals surface area contributed by atoms with Crippen LogP contribution in [0.2, 0.25) is 0 Å². The van der Waals surface area contributed by atoms with Crippen molar-refractivity contribution >= 4 is 0 Å². The second-order valence-corrected chi connectivity index (χ2v) is 3.47. The van der Waals surface area contributed by atoms with Crippen LogP contribution in [-0.2, 0) is 0 Å². The molecule has 2 N–H and O–H groups in total. The molecule has 13 heavy (non-hydrogen) atoms. The normalized spacial score (nSPS) is 9.92. The molecule has 0 radical (unpaired) electrons. The van der Waals surface area contributed by atoms with Gasteiger partial charge in [-0.15, -0.1) is 0 Å². The van der Waals surface area contributed by atoms with E-state index < -0.39 is 5.95 Å². The molecule has 0 aromatic heterocycles. The first-order chi connectivity index (χ1) is 6.27. The van der Waals surface area contributed by atoms with E-state index >= 15 is 0 Å². The van der Waals surface area contributed by atoms with E-state index in [1.165, 1.54) is 44.6 Å². The van der Waals surface area contributed by atoms with Gasteiger partial charge in [0.2, 0.25) is 0 Å². The SMILES string of the molecule is CCCCCCCCCC=C(O)O. The average molecular weight is 186 g/mol. The van der Waals surface area contributed by atoms with Crippen LogP contribution in [0.25, 0.3) is 0 Å². The molecule has 78 valence electrons. The fraction of sp³-hybridized carbons (Fsp3) is 0.818.